The molecule has 0 saturated heterocycles. The SMILES string of the molecule is Clc1cc2oc3ccccc3c2c2oc(-c3ccc(-n4c5ccccc5c5ccccc54)c4sc5ccccc5c34)nc12. The third-order valence-electron chi connectivity index (χ3n) is 8.52. The van der Waals surface area contributed by atoms with Crippen LogP contribution in [-0.4, -0.2) is 9.55 Å². The summed E-state index contributed by atoms with van der Waals surface area (Å²) in [6.07, 6.45) is 0. The summed E-state index contributed by atoms with van der Waals surface area (Å²) in [5.41, 5.74) is 7.18. The molecule has 0 saturated carbocycles. The third-order valence-corrected chi connectivity index (χ3v) is 10.00. The predicted octanol–water partition coefficient (Wildman–Crippen LogP) is 11.5. The van der Waals surface area contributed by atoms with E-state index in [0.29, 0.717) is 27.6 Å². The largest absolute Gasteiger partial charge is 0.456 e. The number of furan rings is 1. The van der Waals surface area contributed by atoms with Crippen LogP contribution in [0.4, 0.5) is 0 Å². The molecule has 0 bridgehead atoms. The Morgan fingerprint density at radius 1 is 0.628 bits per heavy atom. The van der Waals surface area contributed by atoms with Gasteiger partial charge < -0.3 is 13.4 Å². The number of para-hydroxylation sites is 3. The normalized spacial score (nSPS) is 12.3. The summed E-state index contributed by atoms with van der Waals surface area (Å²) in [4.78, 5) is 5.01. The maximum Gasteiger partial charge on any atom is 0.228 e. The Hall–Kier alpha value is -5.10. The van der Waals surface area contributed by atoms with Gasteiger partial charge in [0.25, 0.3) is 0 Å². The van der Waals surface area contributed by atoms with Gasteiger partial charge in [-0.3, -0.25) is 0 Å². The first-order valence-corrected chi connectivity index (χ1v) is 15.3. The molecule has 4 aromatic heterocycles. The van der Waals surface area contributed by atoms with Crippen molar-refractivity contribution < 1.29 is 8.83 Å². The van der Waals surface area contributed by atoms with Gasteiger partial charge in [0.15, 0.2) is 5.58 Å². The van der Waals surface area contributed by atoms with Crippen molar-refractivity contribution in [3.05, 3.63) is 120 Å². The van der Waals surface area contributed by atoms with Crippen molar-refractivity contribution >= 4 is 98.0 Å². The highest BCUT2D eigenvalue weighted by Crippen LogP contribution is 2.46. The van der Waals surface area contributed by atoms with Crippen molar-refractivity contribution in [1.82, 2.24) is 9.55 Å². The van der Waals surface area contributed by atoms with Crippen LogP contribution in [0.3, 0.4) is 0 Å². The highest BCUT2D eigenvalue weighted by molar-refractivity contribution is 7.26. The fourth-order valence-electron chi connectivity index (χ4n) is 6.70. The number of oxazole rings is 1. The van der Waals surface area contributed by atoms with Crippen LogP contribution >= 0.6 is 22.9 Å². The van der Waals surface area contributed by atoms with Gasteiger partial charge in [-0.25, -0.2) is 4.98 Å². The van der Waals surface area contributed by atoms with Crippen molar-refractivity contribution in [2.24, 2.45) is 0 Å². The Morgan fingerprint density at radius 2 is 1.30 bits per heavy atom. The predicted molar refractivity (Wildman–Crippen MR) is 179 cm³/mol. The van der Waals surface area contributed by atoms with Crippen LogP contribution in [0, 0.1) is 0 Å². The van der Waals surface area contributed by atoms with E-state index in [1.165, 1.54) is 36.6 Å². The Morgan fingerprint density at radius 3 is 2.09 bits per heavy atom. The molecular weight excluding hydrogens is 572 g/mol. The molecule has 0 unspecified atom stereocenters. The monoisotopic (exact) mass is 590 g/mol. The second-order valence-electron chi connectivity index (χ2n) is 10.8. The lowest BCUT2D eigenvalue weighted by Crippen LogP contribution is -1.94. The van der Waals surface area contributed by atoms with E-state index in [2.05, 4.69) is 89.5 Å². The summed E-state index contributed by atoms with van der Waals surface area (Å²) in [6, 6.07) is 39.9. The number of hydrogen-bond acceptors (Lipinski definition) is 4. The zero-order chi connectivity index (χ0) is 28.2. The first-order valence-electron chi connectivity index (χ1n) is 14.1. The lowest BCUT2D eigenvalue weighted by molar-refractivity contribution is 0.623. The molecule has 43 heavy (non-hydrogen) atoms. The summed E-state index contributed by atoms with van der Waals surface area (Å²) in [6.45, 7) is 0. The van der Waals surface area contributed by atoms with Crippen LogP contribution in [0.15, 0.2) is 124 Å². The Balaban J connectivity index is 1.32. The summed E-state index contributed by atoms with van der Waals surface area (Å²) in [5.74, 6) is 0.539. The Bertz CT molecular complexity index is 2710. The van der Waals surface area contributed by atoms with Crippen LogP contribution < -0.4 is 0 Å². The molecule has 10 aromatic rings. The van der Waals surface area contributed by atoms with Crippen LogP contribution in [0.5, 0.6) is 0 Å². The van der Waals surface area contributed by atoms with E-state index in [1.807, 2.05) is 30.3 Å². The summed E-state index contributed by atoms with van der Waals surface area (Å²) in [7, 11) is 0. The zero-order valence-corrected chi connectivity index (χ0v) is 24.0. The van der Waals surface area contributed by atoms with Gasteiger partial charge >= 0.3 is 0 Å². The van der Waals surface area contributed by atoms with Crippen molar-refractivity contribution in [2.75, 3.05) is 0 Å². The minimum atomic E-state index is 0.505. The molecule has 4 nitrogen and oxygen atoms in total. The zero-order valence-electron chi connectivity index (χ0n) is 22.5. The molecule has 10 rings (SSSR count). The molecule has 0 spiro atoms. The highest BCUT2D eigenvalue weighted by atomic mass is 35.5. The van der Waals surface area contributed by atoms with Gasteiger partial charge in [-0.1, -0.05) is 84.4 Å². The van der Waals surface area contributed by atoms with Crippen molar-refractivity contribution in [2.45, 2.75) is 0 Å². The number of aromatic nitrogens is 2. The average molecular weight is 591 g/mol. The molecule has 0 amide bonds. The molecule has 0 fully saturated rings. The average Bonchev–Trinajstić information content (AvgIpc) is 3.81. The molecule has 0 N–H and O–H groups in total. The number of fused-ring (bicyclic) bond motifs is 11. The number of rotatable bonds is 2. The Kier molecular flexibility index (Phi) is 4.63. The molecule has 6 aromatic carbocycles. The molecule has 202 valence electrons. The summed E-state index contributed by atoms with van der Waals surface area (Å²) in [5, 5.41) is 7.15. The van der Waals surface area contributed by atoms with E-state index < -0.39 is 0 Å². The smallest absolute Gasteiger partial charge is 0.228 e. The summed E-state index contributed by atoms with van der Waals surface area (Å²) >= 11 is 8.57. The second kappa shape index (κ2) is 8.48. The fourth-order valence-corrected chi connectivity index (χ4v) is 8.16. The molecule has 4 heterocycles. The van der Waals surface area contributed by atoms with Gasteiger partial charge in [0.2, 0.25) is 5.89 Å². The van der Waals surface area contributed by atoms with Crippen LogP contribution in [-0.2, 0) is 0 Å². The van der Waals surface area contributed by atoms with E-state index in [9.17, 15) is 0 Å². The van der Waals surface area contributed by atoms with Crippen molar-refractivity contribution in [3.8, 4) is 17.1 Å². The maximum absolute atomic E-state index is 6.78. The molecule has 6 heteroatoms. The number of benzene rings is 6. The van der Waals surface area contributed by atoms with E-state index >= 15 is 0 Å². The molecule has 0 aliphatic carbocycles. The molecule has 0 atom stereocenters. The van der Waals surface area contributed by atoms with Crippen LogP contribution in [0.25, 0.3) is 92.2 Å². The van der Waals surface area contributed by atoms with Gasteiger partial charge in [0, 0.05) is 43.3 Å². The van der Waals surface area contributed by atoms with Gasteiger partial charge in [-0.05, 0) is 36.4 Å². The second-order valence-corrected chi connectivity index (χ2v) is 12.3. The van der Waals surface area contributed by atoms with E-state index in [-0.39, 0.29) is 0 Å². The molecule has 0 aliphatic heterocycles. The van der Waals surface area contributed by atoms with Gasteiger partial charge in [-0.2, -0.15) is 0 Å². The van der Waals surface area contributed by atoms with Crippen LogP contribution in [0.2, 0.25) is 5.02 Å². The minimum absolute atomic E-state index is 0.505. The number of nitrogens with zero attached hydrogens (tertiary/aromatic N) is 2. The van der Waals surface area contributed by atoms with Gasteiger partial charge in [0.05, 0.1) is 31.8 Å². The lowest BCUT2D eigenvalue weighted by atomic mass is 10.0. The van der Waals surface area contributed by atoms with E-state index in [1.54, 1.807) is 11.3 Å². The van der Waals surface area contributed by atoms with E-state index in [0.717, 1.165) is 33.0 Å². The quantitative estimate of drug-likeness (QED) is 0.201. The third kappa shape index (κ3) is 3.13. The number of thiophene rings is 1. The first kappa shape index (κ1) is 23.5. The maximum atomic E-state index is 6.78. The topological polar surface area (TPSA) is 44.1 Å². The summed E-state index contributed by atoms with van der Waals surface area (Å²) < 4.78 is 17.6. The molecule has 0 aliphatic rings. The number of halogens is 1. The van der Waals surface area contributed by atoms with Crippen molar-refractivity contribution in [3.63, 3.8) is 0 Å². The fraction of sp³-hybridized carbons (Fsp3) is 0. The standard InChI is InChI=1S/C37H19ClN2O2S/c38-25-19-30-33(22-11-3-7-15-29(22)41-30)35-34(25)39-37(42-35)24-17-18-28(36-32(24)23-12-4-8-16-31(23)43-36)40-26-13-5-1-9-20(26)21-10-2-6-14-27(21)40/h1-19H. The lowest BCUT2D eigenvalue weighted by Gasteiger charge is -2.11. The van der Waals surface area contributed by atoms with Gasteiger partial charge in [0.1, 0.15) is 16.7 Å². The van der Waals surface area contributed by atoms with Crippen LogP contribution in [0.1, 0.15) is 0 Å². The van der Waals surface area contributed by atoms with E-state index in [4.69, 9.17) is 25.4 Å². The molecule has 0 radical (unpaired) electrons. The number of hydrogen-bond donors (Lipinski definition) is 0. The van der Waals surface area contributed by atoms with Crippen molar-refractivity contribution in [1.29, 1.82) is 0 Å². The van der Waals surface area contributed by atoms with Gasteiger partial charge in [-0.15, -0.1) is 11.3 Å². The first-order chi connectivity index (χ1) is 21.2. The highest BCUT2D eigenvalue weighted by Gasteiger charge is 2.23. The minimum Gasteiger partial charge on any atom is -0.456 e. The molecular formula is C37H19ClN2O2S. The Labute approximate surface area is 252 Å².